The molecule has 0 aliphatic rings. The number of carbonyl (C=O) groups is 1. The van der Waals surface area contributed by atoms with Gasteiger partial charge < -0.3 is 9.88 Å². The highest BCUT2D eigenvalue weighted by Crippen LogP contribution is 2.20. The number of carbonyl (C=O) groups excluding carboxylic acids is 1. The van der Waals surface area contributed by atoms with Crippen molar-refractivity contribution in [2.75, 3.05) is 6.54 Å². The number of aryl methyl sites for hydroxylation is 1. The maximum atomic E-state index is 12.0. The molecule has 0 radical (unpaired) electrons. The number of nitrogens with one attached hydrogen (secondary N) is 1. The SMILES string of the molecule is N#Cc1cn(CCCC(=O)NCCc2ccccc2)c2ccccc12. The van der Waals surface area contributed by atoms with E-state index in [1.807, 2.05) is 48.7 Å². The average Bonchev–Trinajstić information content (AvgIpc) is 3.01. The maximum absolute atomic E-state index is 12.0. The molecule has 3 rings (SSSR count). The number of hydrogen-bond donors (Lipinski definition) is 1. The van der Waals surface area contributed by atoms with E-state index in [1.165, 1.54) is 5.56 Å². The van der Waals surface area contributed by atoms with Crippen molar-refractivity contribution in [1.29, 1.82) is 5.26 Å². The molecule has 1 aromatic heterocycles. The Morgan fingerprint density at radius 3 is 2.64 bits per heavy atom. The largest absolute Gasteiger partial charge is 0.356 e. The van der Waals surface area contributed by atoms with Gasteiger partial charge in [-0.1, -0.05) is 48.5 Å². The van der Waals surface area contributed by atoms with E-state index in [0.717, 1.165) is 30.3 Å². The van der Waals surface area contributed by atoms with Crippen LogP contribution in [-0.4, -0.2) is 17.0 Å². The quantitative estimate of drug-likeness (QED) is 0.718. The summed E-state index contributed by atoms with van der Waals surface area (Å²) in [4.78, 5) is 12.0. The van der Waals surface area contributed by atoms with E-state index in [9.17, 15) is 10.1 Å². The predicted molar refractivity (Wildman–Crippen MR) is 99.0 cm³/mol. The summed E-state index contributed by atoms with van der Waals surface area (Å²) in [7, 11) is 0. The smallest absolute Gasteiger partial charge is 0.220 e. The van der Waals surface area contributed by atoms with E-state index < -0.39 is 0 Å². The van der Waals surface area contributed by atoms with Crippen molar-refractivity contribution in [1.82, 2.24) is 9.88 Å². The van der Waals surface area contributed by atoms with Crippen LogP contribution in [0.5, 0.6) is 0 Å². The monoisotopic (exact) mass is 331 g/mol. The van der Waals surface area contributed by atoms with Gasteiger partial charge in [-0.25, -0.2) is 0 Å². The number of fused-ring (bicyclic) bond motifs is 1. The van der Waals surface area contributed by atoms with Crippen molar-refractivity contribution < 1.29 is 4.79 Å². The Bertz CT molecular complexity index is 890. The molecular weight excluding hydrogens is 310 g/mol. The molecule has 0 saturated heterocycles. The van der Waals surface area contributed by atoms with E-state index in [-0.39, 0.29) is 5.91 Å². The van der Waals surface area contributed by atoms with Crippen LogP contribution in [0.2, 0.25) is 0 Å². The second kappa shape index (κ2) is 8.16. The lowest BCUT2D eigenvalue weighted by atomic mass is 10.1. The van der Waals surface area contributed by atoms with Gasteiger partial charge >= 0.3 is 0 Å². The van der Waals surface area contributed by atoms with Crippen LogP contribution in [0.25, 0.3) is 10.9 Å². The molecule has 1 amide bonds. The number of rotatable bonds is 7. The van der Waals surface area contributed by atoms with Crippen LogP contribution in [0, 0.1) is 11.3 Å². The third-order valence-electron chi connectivity index (χ3n) is 4.29. The Balaban J connectivity index is 1.47. The molecule has 0 aliphatic carbocycles. The van der Waals surface area contributed by atoms with E-state index in [2.05, 4.69) is 28.1 Å². The van der Waals surface area contributed by atoms with Crippen LogP contribution in [0.4, 0.5) is 0 Å². The lowest BCUT2D eigenvalue weighted by Crippen LogP contribution is -2.25. The van der Waals surface area contributed by atoms with Crippen LogP contribution in [0.1, 0.15) is 24.0 Å². The molecule has 3 aromatic rings. The van der Waals surface area contributed by atoms with Crippen molar-refractivity contribution >= 4 is 16.8 Å². The van der Waals surface area contributed by atoms with Crippen molar-refractivity contribution in [3.8, 4) is 6.07 Å². The zero-order valence-corrected chi connectivity index (χ0v) is 14.1. The molecule has 1 heterocycles. The molecule has 25 heavy (non-hydrogen) atoms. The lowest BCUT2D eigenvalue weighted by Gasteiger charge is -2.07. The fourth-order valence-electron chi connectivity index (χ4n) is 3.01. The maximum Gasteiger partial charge on any atom is 0.220 e. The molecule has 1 N–H and O–H groups in total. The highest BCUT2D eigenvalue weighted by molar-refractivity contribution is 5.86. The number of nitrogens with zero attached hydrogens (tertiary/aromatic N) is 2. The first kappa shape index (κ1) is 16.8. The van der Waals surface area contributed by atoms with E-state index in [4.69, 9.17) is 0 Å². The van der Waals surface area contributed by atoms with Gasteiger partial charge in [0, 0.05) is 36.6 Å². The van der Waals surface area contributed by atoms with Crippen molar-refractivity contribution in [2.24, 2.45) is 0 Å². The van der Waals surface area contributed by atoms with Crippen LogP contribution < -0.4 is 5.32 Å². The van der Waals surface area contributed by atoms with Crippen LogP contribution >= 0.6 is 0 Å². The topological polar surface area (TPSA) is 57.8 Å². The highest BCUT2D eigenvalue weighted by atomic mass is 16.1. The number of hydrogen-bond acceptors (Lipinski definition) is 2. The minimum atomic E-state index is 0.0768. The number of nitriles is 1. The second-order valence-electron chi connectivity index (χ2n) is 6.05. The second-order valence-corrected chi connectivity index (χ2v) is 6.05. The molecule has 126 valence electrons. The zero-order chi connectivity index (χ0) is 17.5. The number of amides is 1. The Kier molecular flexibility index (Phi) is 5.48. The summed E-state index contributed by atoms with van der Waals surface area (Å²) in [5, 5.41) is 13.2. The van der Waals surface area contributed by atoms with Gasteiger partial charge in [-0.2, -0.15) is 5.26 Å². The highest BCUT2D eigenvalue weighted by Gasteiger charge is 2.08. The third kappa shape index (κ3) is 4.27. The van der Waals surface area contributed by atoms with Gasteiger partial charge in [0.25, 0.3) is 0 Å². The number of aromatic nitrogens is 1. The first-order valence-electron chi connectivity index (χ1n) is 8.56. The molecule has 0 unspecified atom stereocenters. The summed E-state index contributed by atoms with van der Waals surface area (Å²) in [6.07, 6.45) is 3.96. The molecule has 0 fully saturated rings. The van der Waals surface area contributed by atoms with Gasteiger partial charge in [-0.3, -0.25) is 4.79 Å². The van der Waals surface area contributed by atoms with Gasteiger partial charge in [0.05, 0.1) is 5.56 Å². The Hall–Kier alpha value is -3.06. The molecule has 4 heteroatoms. The zero-order valence-electron chi connectivity index (χ0n) is 14.1. The summed E-state index contributed by atoms with van der Waals surface area (Å²) in [5.74, 6) is 0.0768. The molecule has 2 aromatic carbocycles. The third-order valence-corrected chi connectivity index (χ3v) is 4.29. The summed E-state index contributed by atoms with van der Waals surface area (Å²) >= 11 is 0. The fraction of sp³-hybridized carbons (Fsp3) is 0.238. The first-order valence-corrected chi connectivity index (χ1v) is 8.56. The minimum Gasteiger partial charge on any atom is -0.356 e. The predicted octanol–water partition coefficient (Wildman–Crippen LogP) is 3.65. The number of para-hydroxylation sites is 1. The minimum absolute atomic E-state index is 0.0768. The van der Waals surface area contributed by atoms with E-state index in [1.54, 1.807) is 0 Å². The average molecular weight is 331 g/mol. The van der Waals surface area contributed by atoms with Crippen LogP contribution in [0.3, 0.4) is 0 Å². The molecule has 0 atom stereocenters. The standard InChI is InChI=1S/C21H21N3O/c22-15-18-16-24(20-10-5-4-9-19(18)20)14-6-11-21(25)23-13-12-17-7-2-1-3-8-17/h1-5,7-10,16H,6,11-14H2,(H,23,25). The summed E-state index contributed by atoms with van der Waals surface area (Å²) in [5.41, 5.74) is 2.96. The molecular formula is C21H21N3O. The number of benzene rings is 2. The van der Waals surface area contributed by atoms with Crippen LogP contribution in [0.15, 0.2) is 60.8 Å². The van der Waals surface area contributed by atoms with Gasteiger partial charge in [-0.05, 0) is 24.5 Å². The molecule has 0 spiro atoms. The lowest BCUT2D eigenvalue weighted by molar-refractivity contribution is -0.121. The first-order chi connectivity index (χ1) is 12.3. The van der Waals surface area contributed by atoms with Gasteiger partial charge in [0.2, 0.25) is 5.91 Å². The van der Waals surface area contributed by atoms with Crippen molar-refractivity contribution in [2.45, 2.75) is 25.8 Å². The summed E-state index contributed by atoms with van der Waals surface area (Å²) in [6.45, 7) is 1.39. The van der Waals surface area contributed by atoms with Crippen LogP contribution in [-0.2, 0) is 17.8 Å². The Morgan fingerprint density at radius 2 is 1.84 bits per heavy atom. The van der Waals surface area contributed by atoms with Crippen molar-refractivity contribution in [3.63, 3.8) is 0 Å². The normalized spacial score (nSPS) is 10.5. The van der Waals surface area contributed by atoms with E-state index >= 15 is 0 Å². The molecule has 0 aliphatic heterocycles. The Morgan fingerprint density at radius 1 is 1.08 bits per heavy atom. The van der Waals surface area contributed by atoms with Gasteiger partial charge in [0.15, 0.2) is 0 Å². The molecule has 0 bridgehead atoms. The fourth-order valence-corrected chi connectivity index (χ4v) is 3.01. The Labute approximate surface area is 147 Å². The van der Waals surface area contributed by atoms with E-state index in [0.29, 0.717) is 18.5 Å². The molecule has 0 saturated carbocycles. The van der Waals surface area contributed by atoms with Gasteiger partial charge in [0.1, 0.15) is 6.07 Å². The molecule has 4 nitrogen and oxygen atoms in total. The van der Waals surface area contributed by atoms with Gasteiger partial charge in [-0.15, -0.1) is 0 Å². The summed E-state index contributed by atoms with van der Waals surface area (Å²) < 4.78 is 2.06. The summed E-state index contributed by atoms with van der Waals surface area (Å²) in [6, 6.07) is 20.2. The van der Waals surface area contributed by atoms with Crippen molar-refractivity contribution in [3.05, 3.63) is 71.9 Å².